The predicted octanol–water partition coefficient (Wildman–Crippen LogP) is 6.02. The van der Waals surface area contributed by atoms with Gasteiger partial charge < -0.3 is 18.8 Å². The Bertz CT molecular complexity index is 1520. The molecule has 1 aliphatic rings. The van der Waals surface area contributed by atoms with Crippen LogP contribution in [0, 0.1) is 6.92 Å². The number of nitrogens with zero attached hydrogens (tertiary/aromatic N) is 5. The second-order valence-corrected chi connectivity index (χ2v) is 10.9. The van der Waals surface area contributed by atoms with Gasteiger partial charge in [-0.05, 0) is 44.2 Å². The van der Waals surface area contributed by atoms with Gasteiger partial charge in [0.2, 0.25) is 4.96 Å². The number of methoxy groups -OCH3 is 1. The normalized spacial score (nSPS) is 14.6. The zero-order valence-electron chi connectivity index (χ0n) is 22.1. The Morgan fingerprint density at radius 2 is 1.92 bits per heavy atom. The monoisotopic (exact) mass is 531 g/mol. The number of benzene rings is 2. The lowest BCUT2D eigenvalue weighted by molar-refractivity contribution is 0.254. The molecule has 5 aromatic rings. The van der Waals surface area contributed by atoms with Gasteiger partial charge in [0, 0.05) is 54.9 Å². The Morgan fingerprint density at radius 1 is 1.05 bits per heavy atom. The van der Waals surface area contributed by atoms with Crippen molar-refractivity contribution in [3.8, 4) is 23.0 Å². The summed E-state index contributed by atoms with van der Waals surface area (Å²) in [7, 11) is 1.67. The molecule has 0 aliphatic carbocycles. The maximum Gasteiger partial charge on any atom is 0.212 e. The molecule has 0 amide bonds. The first-order valence-electron chi connectivity index (χ1n) is 13.2. The summed E-state index contributed by atoms with van der Waals surface area (Å²) in [5.74, 6) is 2.28. The van der Waals surface area contributed by atoms with Crippen molar-refractivity contribution < 1.29 is 13.9 Å². The Hall–Kier alpha value is -3.56. The molecule has 2 aromatic carbocycles. The summed E-state index contributed by atoms with van der Waals surface area (Å²) in [6.45, 7) is 10.1. The first-order chi connectivity index (χ1) is 18.6. The number of unbranched alkanes of at least 4 members (excludes halogenated alkanes) is 1. The van der Waals surface area contributed by atoms with E-state index in [1.807, 2.05) is 37.4 Å². The molecular formula is C29H33N5O3S. The van der Waals surface area contributed by atoms with Crippen molar-refractivity contribution in [2.24, 2.45) is 0 Å². The minimum absolute atomic E-state index is 0.403. The third kappa shape index (κ3) is 5.08. The first-order valence-corrected chi connectivity index (χ1v) is 14.0. The molecule has 0 bridgehead atoms. The van der Waals surface area contributed by atoms with Crippen molar-refractivity contribution in [2.75, 3.05) is 44.7 Å². The van der Waals surface area contributed by atoms with Crippen LogP contribution in [-0.4, -0.2) is 59.3 Å². The molecule has 0 radical (unpaired) electrons. The molecule has 0 atom stereocenters. The highest BCUT2D eigenvalue weighted by molar-refractivity contribution is 7.16. The van der Waals surface area contributed by atoms with E-state index in [1.54, 1.807) is 23.0 Å². The van der Waals surface area contributed by atoms with Crippen LogP contribution in [0.25, 0.3) is 27.4 Å². The van der Waals surface area contributed by atoms with Gasteiger partial charge in [-0.1, -0.05) is 30.7 Å². The predicted molar refractivity (Wildman–Crippen MR) is 152 cm³/mol. The van der Waals surface area contributed by atoms with Crippen molar-refractivity contribution in [3.05, 3.63) is 59.2 Å². The Kier molecular flexibility index (Phi) is 6.95. The summed E-state index contributed by atoms with van der Waals surface area (Å²) < 4.78 is 19.9. The summed E-state index contributed by atoms with van der Waals surface area (Å²) in [6, 6.07) is 14.4. The quantitative estimate of drug-likeness (QED) is 0.230. The number of hydrogen-bond acceptors (Lipinski definition) is 8. The summed E-state index contributed by atoms with van der Waals surface area (Å²) in [6.07, 6.45) is 4.42. The maximum absolute atomic E-state index is 6.31. The van der Waals surface area contributed by atoms with Gasteiger partial charge in [0.1, 0.15) is 34.4 Å². The summed E-state index contributed by atoms with van der Waals surface area (Å²) in [5.41, 5.74) is 3.71. The Labute approximate surface area is 226 Å². The number of imidazole rings is 1. The van der Waals surface area contributed by atoms with Crippen LogP contribution in [0.1, 0.15) is 30.3 Å². The van der Waals surface area contributed by atoms with E-state index in [9.17, 15) is 0 Å². The minimum Gasteiger partial charge on any atom is -0.497 e. The molecule has 198 valence electrons. The van der Waals surface area contributed by atoms with E-state index in [2.05, 4.69) is 40.0 Å². The Morgan fingerprint density at radius 3 is 2.71 bits per heavy atom. The fourth-order valence-corrected chi connectivity index (χ4v) is 5.73. The number of hydrogen-bond donors (Lipinski definition) is 0. The molecule has 3 aromatic heterocycles. The molecule has 0 unspecified atom stereocenters. The van der Waals surface area contributed by atoms with Gasteiger partial charge in [-0.3, -0.25) is 4.90 Å². The second-order valence-electron chi connectivity index (χ2n) is 9.75. The second kappa shape index (κ2) is 10.7. The van der Waals surface area contributed by atoms with Crippen molar-refractivity contribution >= 4 is 33.0 Å². The van der Waals surface area contributed by atoms with Crippen LogP contribution in [0.5, 0.6) is 11.5 Å². The number of rotatable bonds is 9. The average Bonchev–Trinajstić information content (AvgIpc) is 3.63. The molecule has 6 rings (SSSR count). The topological polar surface area (TPSA) is 68.3 Å². The van der Waals surface area contributed by atoms with Crippen LogP contribution in [-0.2, 0) is 6.61 Å². The lowest BCUT2D eigenvalue weighted by Crippen LogP contribution is -2.46. The van der Waals surface area contributed by atoms with Crippen molar-refractivity contribution in [2.45, 2.75) is 33.3 Å². The zero-order chi connectivity index (χ0) is 26.1. The van der Waals surface area contributed by atoms with Gasteiger partial charge in [-0.2, -0.15) is 5.10 Å². The van der Waals surface area contributed by atoms with E-state index in [1.165, 1.54) is 25.1 Å². The maximum atomic E-state index is 6.31. The van der Waals surface area contributed by atoms with Gasteiger partial charge in [0.25, 0.3) is 0 Å². The van der Waals surface area contributed by atoms with E-state index >= 15 is 0 Å². The van der Waals surface area contributed by atoms with Crippen LogP contribution in [0.3, 0.4) is 0 Å². The van der Waals surface area contributed by atoms with Crippen molar-refractivity contribution in [1.82, 2.24) is 19.5 Å². The van der Waals surface area contributed by atoms with Gasteiger partial charge in [-0.15, -0.1) is 0 Å². The van der Waals surface area contributed by atoms with Crippen LogP contribution >= 0.6 is 11.3 Å². The third-order valence-corrected chi connectivity index (χ3v) is 7.94. The summed E-state index contributed by atoms with van der Waals surface area (Å²) in [4.78, 5) is 10.6. The van der Waals surface area contributed by atoms with Crippen molar-refractivity contribution in [3.63, 3.8) is 0 Å². The number of ether oxygens (including phenoxy) is 2. The standard InChI is InChI=1S/C29H33N5O3S/c1-4-5-9-32-10-12-33(13-11-32)22-7-6-8-23(15-22)36-19-21-14-24(35-3)16-27-25(21)17-28(37-27)26-18-34-29(30-26)38-20(2)31-34/h6-8,14-18H,4-5,9-13,19H2,1-3H3. The third-order valence-electron chi connectivity index (χ3n) is 7.11. The number of piperazine rings is 1. The SMILES string of the molecule is CCCCN1CCN(c2cccc(OCc3cc(OC)cc4oc(-c5cn6nc(C)sc6n5)cc34)c2)CC1. The van der Waals surface area contributed by atoms with Crippen molar-refractivity contribution in [1.29, 1.82) is 0 Å². The van der Waals surface area contributed by atoms with Crippen LogP contribution in [0.4, 0.5) is 5.69 Å². The lowest BCUT2D eigenvalue weighted by atomic mass is 10.1. The molecule has 4 heterocycles. The van der Waals surface area contributed by atoms with E-state index < -0.39 is 0 Å². The molecule has 1 saturated heterocycles. The highest BCUT2D eigenvalue weighted by Crippen LogP contribution is 2.34. The largest absolute Gasteiger partial charge is 0.497 e. The highest BCUT2D eigenvalue weighted by atomic mass is 32.1. The van der Waals surface area contributed by atoms with Gasteiger partial charge >= 0.3 is 0 Å². The molecule has 38 heavy (non-hydrogen) atoms. The molecule has 0 spiro atoms. The van der Waals surface area contributed by atoms with Crippen LogP contribution < -0.4 is 14.4 Å². The number of aryl methyl sites for hydroxylation is 1. The highest BCUT2D eigenvalue weighted by Gasteiger charge is 2.18. The van der Waals surface area contributed by atoms with E-state index in [-0.39, 0.29) is 0 Å². The van der Waals surface area contributed by atoms with E-state index in [4.69, 9.17) is 18.9 Å². The van der Waals surface area contributed by atoms with Crippen LogP contribution in [0.15, 0.2) is 53.1 Å². The van der Waals surface area contributed by atoms with Gasteiger partial charge in [0.15, 0.2) is 5.76 Å². The summed E-state index contributed by atoms with van der Waals surface area (Å²) in [5, 5.41) is 6.43. The van der Waals surface area contributed by atoms with Crippen LogP contribution in [0.2, 0.25) is 0 Å². The molecule has 1 fully saturated rings. The van der Waals surface area contributed by atoms with Gasteiger partial charge in [-0.25, -0.2) is 9.50 Å². The molecular weight excluding hydrogens is 498 g/mol. The molecule has 0 N–H and O–H groups in total. The number of furan rings is 1. The Balaban J connectivity index is 1.20. The lowest BCUT2D eigenvalue weighted by Gasteiger charge is -2.36. The molecule has 8 nitrogen and oxygen atoms in total. The smallest absolute Gasteiger partial charge is 0.212 e. The average molecular weight is 532 g/mol. The van der Waals surface area contributed by atoms with Gasteiger partial charge in [0.05, 0.1) is 13.3 Å². The number of anilines is 1. The van der Waals surface area contributed by atoms with E-state index in [0.717, 1.165) is 69.9 Å². The number of fused-ring (bicyclic) bond motifs is 2. The van der Waals surface area contributed by atoms with E-state index in [0.29, 0.717) is 12.4 Å². The molecule has 0 saturated carbocycles. The fraction of sp³-hybridized carbons (Fsp3) is 0.379. The zero-order valence-corrected chi connectivity index (χ0v) is 23.0. The first kappa shape index (κ1) is 24.8. The number of aromatic nitrogens is 3. The fourth-order valence-electron chi connectivity index (χ4n) is 5.01. The molecule has 1 aliphatic heterocycles. The minimum atomic E-state index is 0.403. The molecule has 9 heteroatoms. The summed E-state index contributed by atoms with van der Waals surface area (Å²) >= 11 is 1.56.